The molecule has 0 bridgehead atoms. The van der Waals surface area contributed by atoms with Crippen LogP contribution in [0.4, 0.5) is 0 Å². The minimum absolute atomic E-state index is 0.501. The molecule has 2 nitrogen and oxygen atoms in total. The zero-order valence-corrected chi connectivity index (χ0v) is 12.7. The first kappa shape index (κ1) is 14.5. The highest BCUT2D eigenvalue weighted by Crippen LogP contribution is 2.20. The summed E-state index contributed by atoms with van der Waals surface area (Å²) in [7, 11) is 0. The second-order valence-electron chi connectivity index (χ2n) is 4.65. The van der Waals surface area contributed by atoms with E-state index in [0.29, 0.717) is 11.6 Å². The number of hydrogen-bond donors (Lipinski definition) is 2. The van der Waals surface area contributed by atoms with Crippen molar-refractivity contribution < 1.29 is 5.11 Å². The molecule has 1 heterocycles. The van der Waals surface area contributed by atoms with Gasteiger partial charge >= 0.3 is 0 Å². The van der Waals surface area contributed by atoms with Gasteiger partial charge in [-0.2, -0.15) is 0 Å². The van der Waals surface area contributed by atoms with E-state index < -0.39 is 6.10 Å². The minimum atomic E-state index is -0.501. The number of thiophene rings is 1. The Hall–Kier alpha value is -0.870. The van der Waals surface area contributed by atoms with E-state index in [-0.39, 0.29) is 0 Å². The summed E-state index contributed by atoms with van der Waals surface area (Å²) in [6, 6.07) is 9.50. The fourth-order valence-corrected chi connectivity index (χ4v) is 3.02. The minimum Gasteiger partial charge on any atom is -0.387 e. The van der Waals surface area contributed by atoms with Crippen LogP contribution in [0.5, 0.6) is 0 Å². The summed E-state index contributed by atoms with van der Waals surface area (Å²) in [5.41, 5.74) is 2.22. The zero-order chi connectivity index (χ0) is 13.8. The number of nitrogens with one attached hydrogen (secondary N) is 1. The second-order valence-corrected chi connectivity index (χ2v) is 6.43. The number of benzene rings is 1. The summed E-state index contributed by atoms with van der Waals surface area (Å²) < 4.78 is 0. The highest BCUT2D eigenvalue weighted by molar-refractivity contribution is 7.12. The fraction of sp³-hybridized carbons (Fsp3) is 0.333. The molecule has 0 saturated heterocycles. The molecule has 0 aliphatic carbocycles. The third-order valence-corrected chi connectivity index (χ3v) is 4.51. The van der Waals surface area contributed by atoms with Crippen molar-refractivity contribution in [2.75, 3.05) is 6.54 Å². The molecule has 1 aromatic carbocycles. The molecule has 102 valence electrons. The molecule has 0 radical (unpaired) electrons. The number of aliphatic hydroxyl groups is 1. The molecular formula is C15H18ClNOS. The van der Waals surface area contributed by atoms with Crippen molar-refractivity contribution in [3.05, 3.63) is 56.2 Å². The molecule has 0 fully saturated rings. The van der Waals surface area contributed by atoms with Crippen molar-refractivity contribution >= 4 is 22.9 Å². The van der Waals surface area contributed by atoms with Gasteiger partial charge in [0.25, 0.3) is 0 Å². The number of halogens is 1. The summed E-state index contributed by atoms with van der Waals surface area (Å²) in [6.07, 6.45) is -0.501. The van der Waals surface area contributed by atoms with Gasteiger partial charge < -0.3 is 10.4 Å². The van der Waals surface area contributed by atoms with Gasteiger partial charge in [0.2, 0.25) is 0 Å². The number of aryl methyl sites for hydroxylation is 2. The van der Waals surface area contributed by atoms with Gasteiger partial charge in [-0.25, -0.2) is 0 Å². The van der Waals surface area contributed by atoms with Crippen LogP contribution >= 0.6 is 22.9 Å². The molecule has 1 atom stereocenters. The largest absolute Gasteiger partial charge is 0.387 e. The van der Waals surface area contributed by atoms with Crippen LogP contribution in [0, 0.1) is 13.8 Å². The lowest BCUT2D eigenvalue weighted by atomic mass is 10.1. The van der Waals surface area contributed by atoms with E-state index in [1.807, 2.05) is 12.1 Å². The van der Waals surface area contributed by atoms with Crippen molar-refractivity contribution in [3.8, 4) is 0 Å². The number of hydrogen-bond acceptors (Lipinski definition) is 3. The maximum absolute atomic E-state index is 10.0. The van der Waals surface area contributed by atoms with Gasteiger partial charge in [0.05, 0.1) is 6.10 Å². The lowest BCUT2D eigenvalue weighted by Gasteiger charge is -2.11. The Labute approximate surface area is 123 Å². The van der Waals surface area contributed by atoms with Crippen LogP contribution in [0.1, 0.15) is 27.0 Å². The molecule has 1 aromatic heterocycles. The van der Waals surface area contributed by atoms with Crippen LogP contribution in [0.2, 0.25) is 5.02 Å². The maximum Gasteiger partial charge on any atom is 0.0914 e. The summed E-state index contributed by atoms with van der Waals surface area (Å²) in [5.74, 6) is 0. The Kier molecular flexibility index (Phi) is 4.99. The number of rotatable bonds is 5. The summed E-state index contributed by atoms with van der Waals surface area (Å²) in [6.45, 7) is 5.59. The van der Waals surface area contributed by atoms with Gasteiger partial charge in [-0.05, 0) is 43.2 Å². The first-order chi connectivity index (χ1) is 9.06. The fourth-order valence-electron chi connectivity index (χ4n) is 1.87. The number of aliphatic hydroxyl groups excluding tert-OH is 1. The normalized spacial score (nSPS) is 12.6. The van der Waals surface area contributed by atoms with Crippen molar-refractivity contribution in [1.29, 1.82) is 0 Å². The van der Waals surface area contributed by atoms with Crippen LogP contribution in [-0.2, 0) is 6.54 Å². The van der Waals surface area contributed by atoms with Crippen LogP contribution < -0.4 is 5.32 Å². The Balaban J connectivity index is 1.83. The summed E-state index contributed by atoms with van der Waals surface area (Å²) >= 11 is 7.62. The Morgan fingerprint density at radius 1 is 1.26 bits per heavy atom. The van der Waals surface area contributed by atoms with Gasteiger partial charge in [0, 0.05) is 27.9 Å². The average molecular weight is 296 g/mol. The van der Waals surface area contributed by atoms with Crippen LogP contribution in [0.15, 0.2) is 30.3 Å². The standard InChI is InChI=1S/C15H18ClNOS/c1-10-7-14(19-11(10)2)8-17-9-15(18)12-3-5-13(16)6-4-12/h3-7,15,17-18H,8-9H2,1-2H3. The highest BCUT2D eigenvalue weighted by atomic mass is 35.5. The molecule has 0 amide bonds. The van der Waals surface area contributed by atoms with Crippen LogP contribution in [0.3, 0.4) is 0 Å². The Bertz CT molecular complexity index is 516. The molecule has 1 unspecified atom stereocenters. The van der Waals surface area contributed by atoms with E-state index >= 15 is 0 Å². The molecule has 19 heavy (non-hydrogen) atoms. The topological polar surface area (TPSA) is 32.3 Å². The lowest BCUT2D eigenvalue weighted by Crippen LogP contribution is -2.20. The monoisotopic (exact) mass is 295 g/mol. The molecule has 0 saturated carbocycles. The van der Waals surface area contributed by atoms with E-state index in [4.69, 9.17) is 11.6 Å². The highest BCUT2D eigenvalue weighted by Gasteiger charge is 2.07. The van der Waals surface area contributed by atoms with E-state index in [9.17, 15) is 5.11 Å². The SMILES string of the molecule is Cc1cc(CNCC(O)c2ccc(Cl)cc2)sc1C. The molecule has 2 aromatic rings. The molecular weight excluding hydrogens is 278 g/mol. The summed E-state index contributed by atoms with van der Waals surface area (Å²) in [4.78, 5) is 2.66. The molecule has 2 rings (SSSR count). The van der Waals surface area contributed by atoms with Crippen LogP contribution in [-0.4, -0.2) is 11.7 Å². The van der Waals surface area contributed by atoms with Crippen molar-refractivity contribution in [1.82, 2.24) is 5.32 Å². The Morgan fingerprint density at radius 3 is 2.53 bits per heavy atom. The van der Waals surface area contributed by atoms with Gasteiger partial charge in [-0.1, -0.05) is 23.7 Å². The predicted octanol–water partition coefficient (Wildman–Crippen LogP) is 3.84. The first-order valence-corrected chi connectivity index (χ1v) is 7.46. The lowest BCUT2D eigenvalue weighted by molar-refractivity contribution is 0.174. The maximum atomic E-state index is 10.0. The van der Waals surface area contributed by atoms with E-state index in [2.05, 4.69) is 25.2 Å². The first-order valence-electron chi connectivity index (χ1n) is 6.26. The van der Waals surface area contributed by atoms with E-state index in [0.717, 1.165) is 12.1 Å². The van der Waals surface area contributed by atoms with Gasteiger partial charge in [-0.3, -0.25) is 0 Å². The Morgan fingerprint density at radius 2 is 1.95 bits per heavy atom. The third-order valence-electron chi connectivity index (χ3n) is 3.11. The van der Waals surface area contributed by atoms with E-state index in [1.54, 1.807) is 23.5 Å². The van der Waals surface area contributed by atoms with Crippen molar-refractivity contribution in [2.24, 2.45) is 0 Å². The molecule has 0 aliphatic rings. The third kappa shape index (κ3) is 4.05. The quantitative estimate of drug-likeness (QED) is 0.878. The van der Waals surface area contributed by atoms with Crippen LogP contribution in [0.25, 0.3) is 0 Å². The average Bonchev–Trinajstić information content (AvgIpc) is 2.69. The molecule has 2 N–H and O–H groups in total. The van der Waals surface area contributed by atoms with Gasteiger partial charge in [0.1, 0.15) is 0 Å². The van der Waals surface area contributed by atoms with Crippen molar-refractivity contribution in [2.45, 2.75) is 26.5 Å². The van der Waals surface area contributed by atoms with Gasteiger partial charge in [0.15, 0.2) is 0 Å². The van der Waals surface area contributed by atoms with E-state index in [1.165, 1.54) is 15.3 Å². The molecule has 0 aliphatic heterocycles. The van der Waals surface area contributed by atoms with Gasteiger partial charge in [-0.15, -0.1) is 11.3 Å². The van der Waals surface area contributed by atoms with Crippen molar-refractivity contribution in [3.63, 3.8) is 0 Å². The molecule has 0 spiro atoms. The second kappa shape index (κ2) is 6.53. The molecule has 4 heteroatoms. The summed E-state index contributed by atoms with van der Waals surface area (Å²) in [5, 5.41) is 14.0. The predicted molar refractivity (Wildman–Crippen MR) is 81.9 cm³/mol. The smallest absolute Gasteiger partial charge is 0.0914 e. The zero-order valence-electron chi connectivity index (χ0n) is 11.1.